The largest absolute Gasteiger partial charge is 0.496 e. The lowest BCUT2D eigenvalue weighted by atomic mass is 10.2. The van der Waals surface area contributed by atoms with Crippen LogP contribution in [0, 0.1) is 0 Å². The fourth-order valence-corrected chi connectivity index (χ4v) is 2.82. The smallest absolute Gasteiger partial charge is 0.342 e. The number of carbonyl (C=O) groups excluding carboxylic acids is 2. The topological polar surface area (TPSA) is 134 Å². The zero-order valence-corrected chi connectivity index (χ0v) is 16.3. The van der Waals surface area contributed by atoms with Crippen molar-refractivity contribution in [2.75, 3.05) is 19.5 Å². The highest BCUT2D eigenvalue weighted by atomic mass is 32.2. The second kappa shape index (κ2) is 8.72. The molecule has 3 N–H and O–H groups in total. The Morgan fingerprint density at radius 3 is 2.29 bits per heavy atom. The highest BCUT2D eigenvalue weighted by Gasteiger charge is 2.24. The van der Waals surface area contributed by atoms with Gasteiger partial charge < -0.3 is 19.5 Å². The molecule has 2 aromatic carbocycles. The minimum Gasteiger partial charge on any atom is -0.496 e. The number of nitrogens with one attached hydrogen (secondary N) is 1. The molecule has 0 saturated carbocycles. The molecule has 0 unspecified atom stereocenters. The van der Waals surface area contributed by atoms with Gasteiger partial charge in [-0.1, -0.05) is 12.1 Å². The van der Waals surface area contributed by atoms with Gasteiger partial charge in [-0.25, -0.2) is 18.4 Å². The molecular weight excluding hydrogens is 388 g/mol. The van der Waals surface area contributed by atoms with Gasteiger partial charge in [0, 0.05) is 0 Å². The van der Waals surface area contributed by atoms with Gasteiger partial charge in [-0.2, -0.15) is 0 Å². The second-order valence-corrected chi connectivity index (χ2v) is 7.21. The van der Waals surface area contributed by atoms with Gasteiger partial charge in [0.1, 0.15) is 17.1 Å². The first-order valence-corrected chi connectivity index (χ1v) is 9.57. The molecule has 2 aromatic rings. The summed E-state index contributed by atoms with van der Waals surface area (Å²) in [7, 11) is -1.27. The van der Waals surface area contributed by atoms with Crippen molar-refractivity contribution in [1.29, 1.82) is 0 Å². The number of primary sulfonamides is 1. The van der Waals surface area contributed by atoms with Gasteiger partial charge in [0.2, 0.25) is 10.0 Å². The molecule has 0 aliphatic heterocycles. The molecule has 0 heterocycles. The fourth-order valence-electron chi connectivity index (χ4n) is 2.28. The molecule has 0 fully saturated rings. The van der Waals surface area contributed by atoms with E-state index in [2.05, 4.69) is 5.32 Å². The van der Waals surface area contributed by atoms with E-state index in [9.17, 15) is 18.0 Å². The summed E-state index contributed by atoms with van der Waals surface area (Å²) < 4.78 is 38.4. The summed E-state index contributed by atoms with van der Waals surface area (Å²) in [5.41, 5.74) is 0.234. The Labute approximate surface area is 162 Å². The third-order valence-electron chi connectivity index (χ3n) is 3.74. The summed E-state index contributed by atoms with van der Waals surface area (Å²) in [5.74, 6) is -1.02. The molecule has 2 rings (SSSR count). The van der Waals surface area contributed by atoms with Crippen molar-refractivity contribution in [3.05, 3.63) is 48.0 Å². The van der Waals surface area contributed by atoms with E-state index in [1.165, 1.54) is 33.3 Å². The van der Waals surface area contributed by atoms with E-state index in [0.717, 1.165) is 6.07 Å². The molecule has 0 saturated heterocycles. The number of methoxy groups -OCH3 is 2. The molecule has 1 amide bonds. The molecule has 9 nitrogen and oxygen atoms in total. The van der Waals surface area contributed by atoms with Gasteiger partial charge in [0.25, 0.3) is 5.91 Å². The number of benzene rings is 2. The van der Waals surface area contributed by atoms with Crippen molar-refractivity contribution < 1.29 is 32.2 Å². The van der Waals surface area contributed by atoms with Gasteiger partial charge in [0.15, 0.2) is 6.10 Å². The first-order valence-electron chi connectivity index (χ1n) is 8.03. The SMILES string of the molecule is COc1ccccc1NC(=O)[C@H](C)OC(=O)c1cc(S(N)(=O)=O)ccc1OC. The van der Waals surface area contributed by atoms with Gasteiger partial charge in [-0.3, -0.25) is 4.79 Å². The summed E-state index contributed by atoms with van der Waals surface area (Å²) in [5, 5.41) is 7.68. The van der Waals surface area contributed by atoms with E-state index in [4.69, 9.17) is 19.3 Å². The van der Waals surface area contributed by atoms with Crippen LogP contribution >= 0.6 is 0 Å². The summed E-state index contributed by atoms with van der Waals surface area (Å²) in [6, 6.07) is 10.2. The molecule has 0 aromatic heterocycles. The van der Waals surface area contributed by atoms with Crippen LogP contribution in [0.3, 0.4) is 0 Å². The highest BCUT2D eigenvalue weighted by molar-refractivity contribution is 7.89. The van der Waals surface area contributed by atoms with Gasteiger partial charge in [-0.05, 0) is 37.3 Å². The number of ether oxygens (including phenoxy) is 3. The van der Waals surface area contributed by atoms with Crippen molar-refractivity contribution in [1.82, 2.24) is 0 Å². The molecule has 0 aliphatic carbocycles. The van der Waals surface area contributed by atoms with Crippen LogP contribution in [-0.4, -0.2) is 40.6 Å². The maximum atomic E-state index is 12.5. The number of hydrogen-bond donors (Lipinski definition) is 2. The van der Waals surface area contributed by atoms with Crippen LogP contribution < -0.4 is 19.9 Å². The predicted molar refractivity (Wildman–Crippen MR) is 101 cm³/mol. The summed E-state index contributed by atoms with van der Waals surface area (Å²) in [6.45, 7) is 1.37. The molecule has 0 aliphatic rings. The number of para-hydroxylation sites is 2. The average Bonchev–Trinajstić information content (AvgIpc) is 2.66. The lowest BCUT2D eigenvalue weighted by Gasteiger charge is -2.16. The van der Waals surface area contributed by atoms with E-state index < -0.39 is 28.0 Å². The zero-order chi connectivity index (χ0) is 20.9. The van der Waals surface area contributed by atoms with Crippen LogP contribution in [0.5, 0.6) is 11.5 Å². The zero-order valence-electron chi connectivity index (χ0n) is 15.5. The van der Waals surface area contributed by atoms with Crippen LogP contribution in [-0.2, 0) is 19.6 Å². The van der Waals surface area contributed by atoms with Crippen molar-refractivity contribution in [2.45, 2.75) is 17.9 Å². The summed E-state index contributed by atoms with van der Waals surface area (Å²) >= 11 is 0. The number of nitrogens with two attached hydrogens (primary N) is 1. The lowest BCUT2D eigenvalue weighted by Crippen LogP contribution is -2.30. The molecule has 28 heavy (non-hydrogen) atoms. The standard InChI is InChI=1S/C18H20N2O7S/c1-11(17(21)20-14-6-4-5-7-16(14)26-3)27-18(22)13-10-12(28(19,23)24)8-9-15(13)25-2/h4-11H,1-3H3,(H,20,21)(H2,19,23,24)/t11-/m0/s1. The molecule has 0 radical (unpaired) electrons. The number of carbonyl (C=O) groups is 2. The Balaban J connectivity index is 2.18. The Morgan fingerprint density at radius 2 is 1.68 bits per heavy atom. The summed E-state index contributed by atoms with van der Waals surface area (Å²) in [6.07, 6.45) is -1.18. The predicted octanol–water partition coefficient (Wildman–Crippen LogP) is 1.54. The van der Waals surface area contributed by atoms with Gasteiger partial charge in [-0.15, -0.1) is 0 Å². The molecule has 0 bridgehead atoms. The molecular formula is C18H20N2O7S. The average molecular weight is 408 g/mol. The maximum absolute atomic E-state index is 12.5. The third-order valence-corrected chi connectivity index (χ3v) is 4.65. The third kappa shape index (κ3) is 4.99. The van der Waals surface area contributed by atoms with Crippen molar-refractivity contribution in [2.24, 2.45) is 5.14 Å². The summed E-state index contributed by atoms with van der Waals surface area (Å²) in [4.78, 5) is 24.5. The Morgan fingerprint density at radius 1 is 1.04 bits per heavy atom. The second-order valence-electron chi connectivity index (χ2n) is 5.64. The molecule has 0 spiro atoms. The Kier molecular flexibility index (Phi) is 6.60. The van der Waals surface area contributed by atoms with Crippen LogP contribution in [0.4, 0.5) is 5.69 Å². The van der Waals surface area contributed by atoms with Crippen LogP contribution in [0.1, 0.15) is 17.3 Å². The lowest BCUT2D eigenvalue weighted by molar-refractivity contribution is -0.123. The van der Waals surface area contributed by atoms with Gasteiger partial charge >= 0.3 is 5.97 Å². The molecule has 1 atom stereocenters. The van der Waals surface area contributed by atoms with Crippen molar-refractivity contribution in [3.8, 4) is 11.5 Å². The van der Waals surface area contributed by atoms with Gasteiger partial charge in [0.05, 0.1) is 24.8 Å². The van der Waals surface area contributed by atoms with Crippen LogP contribution in [0.25, 0.3) is 0 Å². The number of rotatable bonds is 7. The first kappa shape index (κ1) is 21.2. The maximum Gasteiger partial charge on any atom is 0.342 e. The van der Waals surface area contributed by atoms with E-state index in [-0.39, 0.29) is 16.2 Å². The van der Waals surface area contributed by atoms with Crippen molar-refractivity contribution >= 4 is 27.6 Å². The van der Waals surface area contributed by atoms with Crippen LogP contribution in [0.15, 0.2) is 47.4 Å². The first-order chi connectivity index (χ1) is 13.2. The highest BCUT2D eigenvalue weighted by Crippen LogP contribution is 2.25. The number of esters is 1. The number of amides is 1. The normalized spacial score (nSPS) is 12.0. The van der Waals surface area contributed by atoms with Crippen LogP contribution in [0.2, 0.25) is 0 Å². The van der Waals surface area contributed by atoms with E-state index in [1.807, 2.05) is 0 Å². The van der Waals surface area contributed by atoms with E-state index in [1.54, 1.807) is 24.3 Å². The fraction of sp³-hybridized carbons (Fsp3) is 0.222. The minimum absolute atomic E-state index is 0.0785. The van der Waals surface area contributed by atoms with Crippen molar-refractivity contribution in [3.63, 3.8) is 0 Å². The number of sulfonamides is 1. The van der Waals surface area contributed by atoms with E-state index in [0.29, 0.717) is 11.4 Å². The minimum atomic E-state index is -4.03. The monoisotopic (exact) mass is 408 g/mol. The number of hydrogen-bond acceptors (Lipinski definition) is 7. The molecule has 10 heteroatoms. The Hall–Kier alpha value is -3.11. The Bertz CT molecular complexity index is 989. The molecule has 150 valence electrons. The quantitative estimate of drug-likeness (QED) is 0.664. The number of anilines is 1. The van der Waals surface area contributed by atoms with E-state index >= 15 is 0 Å².